The quantitative estimate of drug-likeness (QED) is 0.405. The Bertz CT molecular complexity index is 381. The molecule has 1 heterocycles. The summed E-state index contributed by atoms with van der Waals surface area (Å²) in [5, 5.41) is 4.79. The minimum atomic E-state index is -0.544. The van der Waals surface area contributed by atoms with Gasteiger partial charge in [-0.15, -0.1) is 0 Å². The van der Waals surface area contributed by atoms with Gasteiger partial charge in [0.15, 0.2) is 6.29 Å². The minimum absolute atomic E-state index is 0.396. The molecule has 0 aliphatic carbocycles. The molecule has 0 radical (unpaired) electrons. The van der Waals surface area contributed by atoms with Crippen LogP contribution in [0, 0.1) is 0 Å². The molecule has 1 atom stereocenters. The molecule has 19 heavy (non-hydrogen) atoms. The summed E-state index contributed by atoms with van der Waals surface area (Å²) in [7, 11) is 7.09. The number of ether oxygens (including phenoxy) is 2. The summed E-state index contributed by atoms with van der Waals surface area (Å²) in [4.78, 5) is 2.06. The molecule has 0 aromatic carbocycles. The van der Waals surface area contributed by atoms with Crippen LogP contribution in [0.2, 0.25) is 5.02 Å². The molecular weight excluding hydrogens is 270 g/mol. The summed E-state index contributed by atoms with van der Waals surface area (Å²) in [5.74, 6) is 5.59. The number of likely N-dealkylation sites (N-methyl/N-ethyl adjacent to an activating group) is 1. The fourth-order valence-electron chi connectivity index (χ4n) is 1.81. The maximum absolute atomic E-state index is 6.19. The molecule has 1 aromatic heterocycles. The highest BCUT2D eigenvalue weighted by atomic mass is 35.5. The second-order valence-corrected chi connectivity index (χ2v) is 4.80. The van der Waals surface area contributed by atoms with Crippen molar-refractivity contribution in [2.75, 3.05) is 34.9 Å². The van der Waals surface area contributed by atoms with Crippen LogP contribution in [0.25, 0.3) is 0 Å². The summed E-state index contributed by atoms with van der Waals surface area (Å²) in [6, 6.07) is -0.396. The van der Waals surface area contributed by atoms with Gasteiger partial charge in [-0.05, 0) is 14.1 Å². The lowest BCUT2D eigenvalue weighted by atomic mass is 10.2. The van der Waals surface area contributed by atoms with Crippen molar-refractivity contribution in [2.24, 2.45) is 5.84 Å². The van der Waals surface area contributed by atoms with Gasteiger partial charge < -0.3 is 14.4 Å². The van der Waals surface area contributed by atoms with Crippen LogP contribution in [-0.4, -0.2) is 55.8 Å². The van der Waals surface area contributed by atoms with Gasteiger partial charge in [-0.2, -0.15) is 5.10 Å². The first-order valence-electron chi connectivity index (χ1n) is 5.92. The predicted octanol–water partition coefficient (Wildman–Crippen LogP) is 0.221. The lowest BCUT2D eigenvalue weighted by Crippen LogP contribution is -2.40. The fourth-order valence-corrected chi connectivity index (χ4v) is 2.07. The lowest BCUT2D eigenvalue weighted by molar-refractivity contribution is -0.125. The molecule has 1 unspecified atom stereocenters. The largest absolute Gasteiger partial charge is 0.354 e. The van der Waals surface area contributed by atoms with E-state index in [9.17, 15) is 0 Å². The Kier molecular flexibility index (Phi) is 6.70. The van der Waals surface area contributed by atoms with Gasteiger partial charge in [-0.3, -0.25) is 10.5 Å². The van der Waals surface area contributed by atoms with Crippen molar-refractivity contribution in [1.29, 1.82) is 0 Å². The van der Waals surface area contributed by atoms with Gasteiger partial charge in [-0.1, -0.05) is 11.6 Å². The first-order valence-corrected chi connectivity index (χ1v) is 6.30. The lowest BCUT2D eigenvalue weighted by Gasteiger charge is -2.25. The third-order valence-electron chi connectivity index (χ3n) is 2.80. The summed E-state index contributed by atoms with van der Waals surface area (Å²) in [6.45, 7) is 1.54. The average Bonchev–Trinajstić information content (AvgIpc) is 2.74. The molecule has 0 saturated heterocycles. The second-order valence-electron chi connectivity index (χ2n) is 4.39. The van der Waals surface area contributed by atoms with E-state index in [-0.39, 0.29) is 0 Å². The average molecular weight is 292 g/mol. The highest BCUT2D eigenvalue weighted by Crippen LogP contribution is 2.26. The van der Waals surface area contributed by atoms with E-state index < -0.39 is 12.3 Å². The fraction of sp³-hybridized carbons (Fsp3) is 0.727. The van der Waals surface area contributed by atoms with Crippen LogP contribution >= 0.6 is 11.6 Å². The Balaban J connectivity index is 2.98. The van der Waals surface area contributed by atoms with Crippen molar-refractivity contribution in [3.63, 3.8) is 0 Å². The number of nitrogens with two attached hydrogens (primary N) is 1. The van der Waals surface area contributed by atoms with E-state index in [4.69, 9.17) is 26.9 Å². The molecule has 0 saturated carbocycles. The molecule has 1 aromatic rings. The Morgan fingerprint density at radius 1 is 1.47 bits per heavy atom. The third-order valence-corrected chi connectivity index (χ3v) is 3.09. The normalized spacial score (nSPS) is 13.5. The summed E-state index contributed by atoms with van der Waals surface area (Å²) in [5.41, 5.74) is 3.42. The number of hydrogen-bond acceptors (Lipinski definition) is 6. The summed E-state index contributed by atoms with van der Waals surface area (Å²) in [6.07, 6.45) is 1.05. The zero-order valence-corrected chi connectivity index (χ0v) is 12.5. The number of aromatic nitrogens is 2. The van der Waals surface area contributed by atoms with E-state index in [0.717, 1.165) is 12.2 Å². The molecule has 3 N–H and O–H groups in total. The third kappa shape index (κ3) is 4.13. The van der Waals surface area contributed by atoms with Gasteiger partial charge in [0, 0.05) is 20.8 Å². The van der Waals surface area contributed by atoms with Crippen molar-refractivity contribution in [3.8, 4) is 0 Å². The maximum Gasteiger partial charge on any atom is 0.179 e. The van der Waals surface area contributed by atoms with Crippen molar-refractivity contribution >= 4 is 11.6 Å². The van der Waals surface area contributed by atoms with Gasteiger partial charge >= 0.3 is 0 Å². The Hall–Kier alpha value is -0.700. The van der Waals surface area contributed by atoms with Gasteiger partial charge in [0.1, 0.15) is 6.04 Å². The highest BCUT2D eigenvalue weighted by Gasteiger charge is 2.27. The van der Waals surface area contributed by atoms with E-state index in [1.54, 1.807) is 25.1 Å². The number of methoxy groups -OCH3 is 2. The Morgan fingerprint density at radius 2 is 2.11 bits per heavy atom. The van der Waals surface area contributed by atoms with Gasteiger partial charge in [0.25, 0.3) is 0 Å². The van der Waals surface area contributed by atoms with Crippen LogP contribution in [0.15, 0.2) is 6.20 Å². The smallest absolute Gasteiger partial charge is 0.179 e. The van der Waals surface area contributed by atoms with Crippen LogP contribution in [-0.2, 0) is 16.0 Å². The first-order chi connectivity index (χ1) is 9.04. The zero-order valence-electron chi connectivity index (χ0n) is 11.8. The van der Waals surface area contributed by atoms with Crippen molar-refractivity contribution in [1.82, 2.24) is 20.1 Å². The topological polar surface area (TPSA) is 77.6 Å². The first kappa shape index (κ1) is 16.4. The zero-order chi connectivity index (χ0) is 14.4. The standard InChI is InChI=1S/C11H22ClN5O2/c1-16(2)5-6-17-10(8(12)7-14-17)9(15-13)11(18-3)19-4/h7,9,11,15H,5-6,13H2,1-4H3. The molecule has 7 nitrogen and oxygen atoms in total. The predicted molar refractivity (Wildman–Crippen MR) is 73.7 cm³/mol. The monoisotopic (exact) mass is 291 g/mol. The number of halogens is 1. The van der Waals surface area contributed by atoms with E-state index in [2.05, 4.69) is 15.4 Å². The molecule has 0 spiro atoms. The van der Waals surface area contributed by atoms with E-state index in [1.807, 2.05) is 14.1 Å². The van der Waals surface area contributed by atoms with Gasteiger partial charge in [-0.25, -0.2) is 5.43 Å². The molecule has 8 heteroatoms. The van der Waals surface area contributed by atoms with Crippen molar-refractivity contribution < 1.29 is 9.47 Å². The van der Waals surface area contributed by atoms with Crippen molar-refractivity contribution in [2.45, 2.75) is 18.9 Å². The Morgan fingerprint density at radius 3 is 2.58 bits per heavy atom. The minimum Gasteiger partial charge on any atom is -0.354 e. The van der Waals surface area contributed by atoms with E-state index in [0.29, 0.717) is 11.6 Å². The second kappa shape index (κ2) is 7.78. The van der Waals surface area contributed by atoms with Crippen molar-refractivity contribution in [3.05, 3.63) is 16.9 Å². The molecule has 0 aliphatic heterocycles. The maximum atomic E-state index is 6.19. The van der Waals surface area contributed by atoms with Gasteiger partial charge in [0.05, 0.1) is 23.5 Å². The van der Waals surface area contributed by atoms with Crippen LogP contribution in [0.3, 0.4) is 0 Å². The molecule has 0 fully saturated rings. The van der Waals surface area contributed by atoms with E-state index in [1.165, 1.54) is 0 Å². The number of hydrazine groups is 1. The molecule has 0 bridgehead atoms. The van der Waals surface area contributed by atoms with Gasteiger partial charge in [0.2, 0.25) is 0 Å². The molecule has 110 valence electrons. The van der Waals surface area contributed by atoms with E-state index >= 15 is 0 Å². The van der Waals surface area contributed by atoms with Crippen LogP contribution < -0.4 is 11.3 Å². The summed E-state index contributed by atoms with van der Waals surface area (Å²) < 4.78 is 12.3. The molecule has 0 amide bonds. The number of nitrogens with zero attached hydrogens (tertiary/aromatic N) is 3. The van der Waals surface area contributed by atoms with Crippen LogP contribution in [0.5, 0.6) is 0 Å². The highest BCUT2D eigenvalue weighted by molar-refractivity contribution is 6.31. The number of rotatable bonds is 8. The molecule has 1 rings (SSSR count). The molecule has 0 aliphatic rings. The number of nitrogens with one attached hydrogen (secondary N) is 1. The number of hydrogen-bond donors (Lipinski definition) is 2. The van der Waals surface area contributed by atoms with Crippen LogP contribution in [0.1, 0.15) is 11.7 Å². The molecular formula is C11H22ClN5O2. The SMILES string of the molecule is COC(OC)C(NN)c1c(Cl)cnn1CCN(C)C. The summed E-state index contributed by atoms with van der Waals surface area (Å²) >= 11 is 6.19. The Labute approximate surface area is 118 Å². The van der Waals surface area contributed by atoms with Crippen LogP contribution in [0.4, 0.5) is 0 Å².